The van der Waals surface area contributed by atoms with Crippen molar-refractivity contribution in [3.63, 3.8) is 0 Å². The molecule has 0 spiro atoms. The van der Waals surface area contributed by atoms with Gasteiger partial charge in [0.1, 0.15) is 0 Å². The molecule has 3 rings (SSSR count). The van der Waals surface area contributed by atoms with Gasteiger partial charge in [-0.25, -0.2) is 5.43 Å². The molecule has 9 nitrogen and oxygen atoms in total. The highest BCUT2D eigenvalue weighted by atomic mass is 16.7. The number of anilines is 1. The number of fused-ring (bicyclic) bond motifs is 1. The first-order chi connectivity index (χ1) is 13.1. The minimum absolute atomic E-state index is 0.170. The second kappa shape index (κ2) is 8.09. The van der Waals surface area contributed by atoms with Gasteiger partial charge in [0.15, 0.2) is 23.0 Å². The number of ether oxygens (including phenoxy) is 4. The van der Waals surface area contributed by atoms with Crippen LogP contribution in [-0.4, -0.2) is 39.0 Å². The molecule has 1 aliphatic heterocycles. The van der Waals surface area contributed by atoms with Crippen molar-refractivity contribution in [2.75, 3.05) is 26.3 Å². The number of carbonyl (C=O) groups is 2. The van der Waals surface area contributed by atoms with Crippen molar-refractivity contribution >= 4 is 23.7 Å². The number of amides is 2. The van der Waals surface area contributed by atoms with Crippen molar-refractivity contribution in [3.8, 4) is 23.0 Å². The lowest BCUT2D eigenvalue weighted by Gasteiger charge is -2.10. The number of carbonyl (C=O) groups excluding carboxylic acids is 2. The molecule has 0 radical (unpaired) electrons. The van der Waals surface area contributed by atoms with Crippen molar-refractivity contribution in [2.45, 2.75) is 0 Å². The second-order valence-corrected chi connectivity index (χ2v) is 5.34. The highest BCUT2D eigenvalue weighted by Crippen LogP contribution is 2.32. The quantitative estimate of drug-likeness (QED) is 0.469. The Hall–Kier alpha value is -3.75. The molecule has 0 saturated heterocycles. The summed E-state index contributed by atoms with van der Waals surface area (Å²) in [4.78, 5) is 23.8. The van der Waals surface area contributed by atoms with Gasteiger partial charge in [-0.15, -0.1) is 0 Å². The molecule has 2 amide bonds. The van der Waals surface area contributed by atoms with Gasteiger partial charge < -0.3 is 24.3 Å². The molecule has 2 aromatic carbocycles. The third-order valence-corrected chi connectivity index (χ3v) is 3.62. The molecule has 9 heteroatoms. The summed E-state index contributed by atoms with van der Waals surface area (Å²) in [5, 5.41) is 6.22. The first kappa shape index (κ1) is 18.1. The maximum Gasteiger partial charge on any atom is 0.329 e. The molecule has 0 aliphatic carbocycles. The number of benzene rings is 2. The van der Waals surface area contributed by atoms with Gasteiger partial charge in [-0.3, -0.25) is 9.59 Å². The van der Waals surface area contributed by atoms with Crippen molar-refractivity contribution in [2.24, 2.45) is 5.10 Å². The van der Waals surface area contributed by atoms with Gasteiger partial charge in [-0.05, 0) is 35.9 Å². The third kappa shape index (κ3) is 4.27. The van der Waals surface area contributed by atoms with E-state index in [2.05, 4.69) is 15.8 Å². The Kier molecular flexibility index (Phi) is 5.41. The second-order valence-electron chi connectivity index (χ2n) is 5.34. The summed E-state index contributed by atoms with van der Waals surface area (Å²) in [7, 11) is 2.97. The van der Waals surface area contributed by atoms with Crippen molar-refractivity contribution in [3.05, 3.63) is 42.0 Å². The number of nitrogens with zero attached hydrogens (tertiary/aromatic N) is 1. The maximum absolute atomic E-state index is 12.0. The van der Waals surface area contributed by atoms with Gasteiger partial charge in [0.25, 0.3) is 0 Å². The average Bonchev–Trinajstić information content (AvgIpc) is 3.15. The molecule has 140 valence electrons. The molecule has 0 bridgehead atoms. The van der Waals surface area contributed by atoms with Crippen molar-refractivity contribution < 1.29 is 28.5 Å². The molecular formula is C18H17N3O6. The van der Waals surface area contributed by atoms with Crippen LogP contribution in [0.25, 0.3) is 0 Å². The van der Waals surface area contributed by atoms with E-state index in [0.717, 1.165) is 0 Å². The van der Waals surface area contributed by atoms with Crippen LogP contribution in [0.2, 0.25) is 0 Å². The first-order valence-corrected chi connectivity index (χ1v) is 7.87. The van der Waals surface area contributed by atoms with Crippen LogP contribution in [0.1, 0.15) is 5.56 Å². The molecule has 0 atom stereocenters. The molecule has 1 heterocycles. The van der Waals surface area contributed by atoms with E-state index in [9.17, 15) is 9.59 Å². The third-order valence-electron chi connectivity index (χ3n) is 3.62. The fourth-order valence-corrected chi connectivity index (χ4v) is 2.31. The molecule has 1 aliphatic rings. The van der Waals surface area contributed by atoms with Crippen LogP contribution in [0.15, 0.2) is 41.5 Å². The number of hydrogen-bond donors (Lipinski definition) is 2. The largest absolute Gasteiger partial charge is 0.493 e. The van der Waals surface area contributed by atoms with Gasteiger partial charge in [0.2, 0.25) is 6.79 Å². The van der Waals surface area contributed by atoms with E-state index >= 15 is 0 Å². The fourth-order valence-electron chi connectivity index (χ4n) is 2.31. The Morgan fingerprint density at radius 1 is 1.00 bits per heavy atom. The minimum atomic E-state index is -0.915. The lowest BCUT2D eigenvalue weighted by atomic mass is 10.2. The Bertz CT molecular complexity index is 897. The highest BCUT2D eigenvalue weighted by molar-refractivity contribution is 6.39. The van der Waals surface area contributed by atoms with Gasteiger partial charge in [-0.1, -0.05) is 0 Å². The van der Waals surface area contributed by atoms with Crippen LogP contribution in [0.5, 0.6) is 23.0 Å². The van der Waals surface area contributed by atoms with Crippen LogP contribution in [-0.2, 0) is 9.59 Å². The zero-order valence-electron chi connectivity index (χ0n) is 14.6. The predicted octanol–water partition coefficient (Wildman–Crippen LogP) is 1.52. The highest BCUT2D eigenvalue weighted by Gasteiger charge is 2.15. The average molecular weight is 371 g/mol. The van der Waals surface area contributed by atoms with E-state index in [1.54, 1.807) is 36.4 Å². The summed E-state index contributed by atoms with van der Waals surface area (Å²) in [5.74, 6) is 0.388. The lowest BCUT2D eigenvalue weighted by molar-refractivity contribution is -0.136. The minimum Gasteiger partial charge on any atom is -0.493 e. The van der Waals surface area contributed by atoms with Gasteiger partial charge in [-0.2, -0.15) is 5.10 Å². The Labute approximate surface area is 154 Å². The first-order valence-electron chi connectivity index (χ1n) is 7.87. The predicted molar refractivity (Wildman–Crippen MR) is 96.5 cm³/mol. The fraction of sp³-hybridized carbons (Fsp3) is 0.167. The molecule has 2 N–H and O–H groups in total. The lowest BCUT2D eigenvalue weighted by Crippen LogP contribution is -2.32. The van der Waals surface area contributed by atoms with Gasteiger partial charge in [0, 0.05) is 11.8 Å². The number of methoxy groups -OCH3 is 2. The van der Waals surface area contributed by atoms with Crippen LogP contribution >= 0.6 is 0 Å². The Balaban J connectivity index is 1.57. The summed E-state index contributed by atoms with van der Waals surface area (Å²) in [5.41, 5.74) is 3.22. The molecular weight excluding hydrogens is 354 g/mol. The molecule has 0 unspecified atom stereocenters. The zero-order valence-corrected chi connectivity index (χ0v) is 14.6. The zero-order chi connectivity index (χ0) is 19.2. The molecule has 2 aromatic rings. The van der Waals surface area contributed by atoms with E-state index in [-0.39, 0.29) is 6.79 Å². The van der Waals surface area contributed by atoms with Crippen LogP contribution in [0.3, 0.4) is 0 Å². The summed E-state index contributed by atoms with van der Waals surface area (Å²) in [6.07, 6.45) is 1.39. The normalized spacial score (nSPS) is 11.9. The standard InChI is InChI=1S/C18H17N3O6/c1-24-13-6-4-12(8-15(13)25-2)20-17(22)18(23)21-19-9-11-3-5-14-16(7-11)27-10-26-14/h3-9H,10H2,1-2H3,(H,20,22)(H,21,23)/b19-9+. The summed E-state index contributed by atoms with van der Waals surface area (Å²) < 4.78 is 20.7. The summed E-state index contributed by atoms with van der Waals surface area (Å²) in [6, 6.07) is 9.93. The van der Waals surface area contributed by atoms with Gasteiger partial charge >= 0.3 is 11.8 Å². The van der Waals surface area contributed by atoms with Crippen LogP contribution in [0.4, 0.5) is 5.69 Å². The van der Waals surface area contributed by atoms with E-state index in [0.29, 0.717) is 34.2 Å². The van der Waals surface area contributed by atoms with Crippen LogP contribution in [0, 0.1) is 0 Å². The number of nitrogens with one attached hydrogen (secondary N) is 2. The molecule has 0 saturated carbocycles. The van der Waals surface area contributed by atoms with Crippen molar-refractivity contribution in [1.29, 1.82) is 0 Å². The topological polar surface area (TPSA) is 107 Å². The van der Waals surface area contributed by atoms with Gasteiger partial charge in [0.05, 0.1) is 20.4 Å². The Morgan fingerprint density at radius 3 is 2.56 bits per heavy atom. The number of hydrogen-bond acceptors (Lipinski definition) is 7. The maximum atomic E-state index is 12.0. The smallest absolute Gasteiger partial charge is 0.329 e. The summed E-state index contributed by atoms with van der Waals surface area (Å²) in [6.45, 7) is 0.170. The molecule has 0 fully saturated rings. The van der Waals surface area contributed by atoms with E-state index in [1.807, 2.05) is 0 Å². The molecule has 0 aromatic heterocycles. The Morgan fingerprint density at radius 2 is 1.78 bits per heavy atom. The van der Waals surface area contributed by atoms with E-state index in [4.69, 9.17) is 18.9 Å². The van der Waals surface area contributed by atoms with E-state index in [1.165, 1.54) is 20.4 Å². The monoisotopic (exact) mass is 371 g/mol. The number of rotatable bonds is 5. The number of hydrazone groups is 1. The van der Waals surface area contributed by atoms with Crippen molar-refractivity contribution in [1.82, 2.24) is 5.43 Å². The SMILES string of the molecule is COc1ccc(NC(=O)C(=O)N/N=C/c2ccc3c(c2)OCO3)cc1OC. The summed E-state index contributed by atoms with van der Waals surface area (Å²) >= 11 is 0. The van der Waals surface area contributed by atoms with Crippen LogP contribution < -0.4 is 29.7 Å². The van der Waals surface area contributed by atoms with E-state index < -0.39 is 11.8 Å². The molecule has 27 heavy (non-hydrogen) atoms.